The van der Waals surface area contributed by atoms with Crippen LogP contribution >= 0.6 is 0 Å². The Morgan fingerprint density at radius 2 is 0.977 bits per heavy atom. The predicted molar refractivity (Wildman–Crippen MR) is 181 cm³/mol. The molecule has 0 spiro atoms. The molecule has 9 aromatic rings. The largest absolute Gasteiger partial charge is 0.321 e. The molecule has 0 bridgehead atoms. The maximum atomic E-state index is 14.1. The van der Waals surface area contributed by atoms with E-state index in [1.54, 1.807) is 0 Å². The first kappa shape index (κ1) is 24.6. The highest BCUT2D eigenvalue weighted by Gasteiger charge is 2.20. The van der Waals surface area contributed by atoms with Crippen LogP contribution in [0.5, 0.6) is 0 Å². The van der Waals surface area contributed by atoms with Gasteiger partial charge in [0, 0.05) is 50.8 Å². The van der Waals surface area contributed by atoms with Gasteiger partial charge in [-0.25, -0.2) is 4.98 Å². The third kappa shape index (κ3) is 3.71. The van der Waals surface area contributed by atoms with E-state index in [-0.39, 0.29) is 5.56 Å². The molecule has 206 valence electrons. The van der Waals surface area contributed by atoms with E-state index in [9.17, 15) is 4.79 Å². The molecule has 5 aromatic carbocycles. The summed E-state index contributed by atoms with van der Waals surface area (Å²) in [7, 11) is 0. The molecule has 0 unspecified atom stereocenters. The Hall–Kier alpha value is -6.00. The Morgan fingerprint density at radius 3 is 1.59 bits per heavy atom. The lowest BCUT2D eigenvalue weighted by atomic mass is 9.98. The molecule has 4 heterocycles. The lowest BCUT2D eigenvalue weighted by Crippen LogP contribution is -2.12. The van der Waals surface area contributed by atoms with Gasteiger partial charge in [-0.3, -0.25) is 9.20 Å². The second-order valence-corrected chi connectivity index (χ2v) is 11.3. The van der Waals surface area contributed by atoms with Gasteiger partial charge in [-0.2, -0.15) is 0 Å². The van der Waals surface area contributed by atoms with Gasteiger partial charge in [0.1, 0.15) is 0 Å². The van der Waals surface area contributed by atoms with Crippen molar-refractivity contribution in [3.8, 4) is 39.3 Å². The number of aromatic nitrogens is 3. The predicted octanol–water partition coefficient (Wildman–Crippen LogP) is 9.38. The molecule has 9 rings (SSSR count). The van der Waals surface area contributed by atoms with Gasteiger partial charge in [-0.05, 0) is 46.8 Å². The number of fused-ring (bicyclic) bond motifs is 5. The van der Waals surface area contributed by atoms with Crippen LogP contribution in [-0.4, -0.2) is 14.0 Å². The quantitative estimate of drug-likeness (QED) is 0.200. The summed E-state index contributed by atoms with van der Waals surface area (Å²) in [4.78, 5) is 19.1. The van der Waals surface area contributed by atoms with Gasteiger partial charge < -0.3 is 4.57 Å². The van der Waals surface area contributed by atoms with E-state index < -0.39 is 0 Å². The summed E-state index contributed by atoms with van der Waals surface area (Å²) in [6.07, 6.45) is 4.25. The molecular formula is C40H25N3O. The summed E-state index contributed by atoms with van der Waals surface area (Å²) in [5.41, 5.74) is 9.02. The Balaban J connectivity index is 1.36. The van der Waals surface area contributed by atoms with Crippen molar-refractivity contribution in [2.24, 2.45) is 0 Å². The molecule has 0 aliphatic rings. The van der Waals surface area contributed by atoms with Crippen molar-refractivity contribution in [1.82, 2.24) is 14.0 Å². The van der Waals surface area contributed by atoms with E-state index in [4.69, 9.17) is 4.98 Å². The van der Waals surface area contributed by atoms with Crippen LogP contribution in [0.15, 0.2) is 157 Å². The molecule has 0 fully saturated rings. The number of pyridine rings is 2. The lowest BCUT2D eigenvalue weighted by molar-refractivity contribution is 1.07. The van der Waals surface area contributed by atoms with Gasteiger partial charge >= 0.3 is 0 Å². The van der Waals surface area contributed by atoms with Crippen LogP contribution in [0.1, 0.15) is 0 Å². The molecule has 0 atom stereocenters. The Morgan fingerprint density at radius 1 is 0.455 bits per heavy atom. The Bertz CT molecular complexity index is 2490. The topological polar surface area (TPSA) is 39.3 Å². The zero-order chi connectivity index (χ0) is 29.2. The standard InChI is InChI=1S/C40H25N3O/c44-40-32-19-11-10-18-31(32)33-20-29(26-12-4-1-5-13-26)21-34-35-24-42(25-38(35)43(40)39(33)34)30-22-36(27-14-6-2-7-15-27)41-37(23-30)28-16-8-3-9-17-28/h1-25H. The van der Waals surface area contributed by atoms with Gasteiger partial charge in [0.25, 0.3) is 5.56 Å². The average molecular weight is 564 g/mol. The minimum Gasteiger partial charge on any atom is -0.321 e. The number of rotatable bonds is 4. The number of benzene rings is 5. The maximum Gasteiger partial charge on any atom is 0.263 e. The van der Waals surface area contributed by atoms with Crippen molar-refractivity contribution >= 4 is 38.0 Å². The van der Waals surface area contributed by atoms with Crippen LogP contribution in [0.3, 0.4) is 0 Å². The molecule has 4 nitrogen and oxygen atoms in total. The molecule has 44 heavy (non-hydrogen) atoms. The van der Waals surface area contributed by atoms with Gasteiger partial charge in [0.2, 0.25) is 0 Å². The third-order valence-electron chi connectivity index (χ3n) is 8.68. The SMILES string of the molecule is O=c1c2ccccc2c2cc(-c3ccccc3)cc3c4cn(-c5cc(-c6ccccc6)nc(-c6ccccc6)c5)cc4n1c23. The fourth-order valence-electron chi connectivity index (χ4n) is 6.60. The van der Waals surface area contributed by atoms with E-state index in [0.717, 1.165) is 77.3 Å². The van der Waals surface area contributed by atoms with Crippen LogP contribution < -0.4 is 5.56 Å². The molecule has 4 heteroatoms. The highest BCUT2D eigenvalue weighted by atomic mass is 16.1. The highest BCUT2D eigenvalue weighted by molar-refractivity contribution is 6.21. The molecule has 4 aromatic heterocycles. The van der Waals surface area contributed by atoms with Crippen LogP contribution in [0.4, 0.5) is 0 Å². The first-order chi connectivity index (χ1) is 21.7. The fourth-order valence-corrected chi connectivity index (χ4v) is 6.60. The van der Waals surface area contributed by atoms with Gasteiger partial charge in [-0.15, -0.1) is 0 Å². The second-order valence-electron chi connectivity index (χ2n) is 11.3. The molecule has 0 N–H and O–H groups in total. The van der Waals surface area contributed by atoms with E-state index in [1.807, 2.05) is 65.1 Å². The third-order valence-corrected chi connectivity index (χ3v) is 8.68. The zero-order valence-electron chi connectivity index (χ0n) is 23.7. The summed E-state index contributed by atoms with van der Waals surface area (Å²) in [6, 6.07) is 47.6. The first-order valence-corrected chi connectivity index (χ1v) is 14.8. The van der Waals surface area contributed by atoms with E-state index in [0.29, 0.717) is 0 Å². The van der Waals surface area contributed by atoms with Crippen molar-refractivity contribution in [1.29, 1.82) is 0 Å². The molecule has 0 radical (unpaired) electrons. The molecule has 0 aliphatic carbocycles. The van der Waals surface area contributed by atoms with Crippen molar-refractivity contribution in [2.45, 2.75) is 0 Å². The van der Waals surface area contributed by atoms with Gasteiger partial charge in [0.15, 0.2) is 0 Å². The Kier molecular flexibility index (Phi) is 5.32. The molecule has 0 aliphatic heterocycles. The smallest absolute Gasteiger partial charge is 0.263 e. The van der Waals surface area contributed by atoms with Crippen LogP contribution in [0.25, 0.3) is 77.3 Å². The number of nitrogens with zero attached hydrogens (tertiary/aromatic N) is 3. The normalized spacial score (nSPS) is 11.7. The fraction of sp³-hybridized carbons (Fsp3) is 0. The highest BCUT2D eigenvalue weighted by Crippen LogP contribution is 2.39. The van der Waals surface area contributed by atoms with Crippen LogP contribution in [0.2, 0.25) is 0 Å². The molecule has 0 saturated heterocycles. The Labute approximate surface area is 253 Å². The van der Waals surface area contributed by atoms with Crippen molar-refractivity contribution in [3.63, 3.8) is 0 Å². The van der Waals surface area contributed by atoms with Gasteiger partial charge in [-0.1, -0.05) is 109 Å². The molecule has 0 amide bonds. The lowest BCUT2D eigenvalue weighted by Gasteiger charge is -2.12. The maximum absolute atomic E-state index is 14.1. The van der Waals surface area contributed by atoms with Crippen molar-refractivity contribution < 1.29 is 0 Å². The summed E-state index contributed by atoms with van der Waals surface area (Å²) in [5.74, 6) is 0. The molecule has 0 saturated carbocycles. The number of hydrogen-bond acceptors (Lipinski definition) is 2. The summed E-state index contributed by atoms with van der Waals surface area (Å²) >= 11 is 0. The van der Waals surface area contributed by atoms with Crippen LogP contribution in [0, 0.1) is 0 Å². The molecular weight excluding hydrogens is 538 g/mol. The summed E-state index contributed by atoms with van der Waals surface area (Å²) in [6.45, 7) is 0. The monoisotopic (exact) mass is 563 g/mol. The summed E-state index contributed by atoms with van der Waals surface area (Å²) < 4.78 is 4.04. The van der Waals surface area contributed by atoms with E-state index in [1.165, 1.54) is 0 Å². The van der Waals surface area contributed by atoms with E-state index in [2.05, 4.69) is 95.8 Å². The minimum atomic E-state index is 0.00277. The van der Waals surface area contributed by atoms with Crippen molar-refractivity contribution in [3.05, 3.63) is 162 Å². The zero-order valence-corrected chi connectivity index (χ0v) is 23.7. The average Bonchev–Trinajstić information content (AvgIpc) is 3.66. The minimum absolute atomic E-state index is 0.00277. The second kappa shape index (κ2) is 9.51. The van der Waals surface area contributed by atoms with Crippen LogP contribution in [-0.2, 0) is 0 Å². The first-order valence-electron chi connectivity index (χ1n) is 14.8. The van der Waals surface area contributed by atoms with E-state index >= 15 is 0 Å². The van der Waals surface area contributed by atoms with Gasteiger partial charge in [0.05, 0.1) is 22.4 Å². The van der Waals surface area contributed by atoms with Crippen molar-refractivity contribution in [2.75, 3.05) is 0 Å². The summed E-state index contributed by atoms with van der Waals surface area (Å²) in [5, 5.41) is 4.90. The number of hydrogen-bond donors (Lipinski definition) is 0.